The molecule has 0 aliphatic rings. The van der Waals surface area contributed by atoms with Crippen LogP contribution in [0.4, 0.5) is 4.39 Å². The van der Waals surface area contributed by atoms with E-state index in [9.17, 15) is 4.39 Å². The van der Waals surface area contributed by atoms with E-state index >= 15 is 0 Å². The molecule has 29 heavy (non-hydrogen) atoms. The van der Waals surface area contributed by atoms with E-state index in [1.165, 1.54) is 34.3 Å². The van der Waals surface area contributed by atoms with Crippen molar-refractivity contribution in [3.05, 3.63) is 105 Å². The van der Waals surface area contributed by atoms with Gasteiger partial charge in [0.25, 0.3) is 0 Å². The predicted molar refractivity (Wildman–Crippen MR) is 119 cm³/mol. The number of nitrogens with zero attached hydrogens (tertiary/aromatic N) is 1. The first kappa shape index (κ1) is 20.0. The number of rotatable bonds is 6. The van der Waals surface area contributed by atoms with Crippen molar-refractivity contribution in [1.82, 2.24) is 9.88 Å². The minimum absolute atomic E-state index is 0.214. The molecule has 1 aromatic heterocycles. The van der Waals surface area contributed by atoms with Gasteiger partial charge < -0.3 is 9.88 Å². The molecule has 0 fully saturated rings. The molecule has 0 saturated carbocycles. The summed E-state index contributed by atoms with van der Waals surface area (Å²) in [6.07, 6.45) is 0. The second-order valence-corrected chi connectivity index (χ2v) is 7.98. The lowest BCUT2D eigenvalue weighted by atomic mass is 10.1. The van der Waals surface area contributed by atoms with E-state index in [1.54, 1.807) is 18.2 Å². The monoisotopic (exact) mass is 426 g/mol. The molecular formula is C24H21Cl2FN2. The van der Waals surface area contributed by atoms with Crippen LogP contribution in [0.3, 0.4) is 0 Å². The molecule has 0 bridgehead atoms. The van der Waals surface area contributed by atoms with Gasteiger partial charge in [-0.3, -0.25) is 0 Å². The van der Waals surface area contributed by atoms with Crippen LogP contribution in [0.1, 0.15) is 22.4 Å². The molecule has 4 aromatic rings. The van der Waals surface area contributed by atoms with Gasteiger partial charge in [-0.05, 0) is 53.9 Å². The van der Waals surface area contributed by atoms with Crippen LogP contribution >= 0.6 is 23.2 Å². The fraction of sp³-hybridized carbons (Fsp3) is 0.167. The number of fused-ring (bicyclic) bond motifs is 1. The Morgan fingerprint density at radius 3 is 2.45 bits per heavy atom. The number of hydrogen-bond donors (Lipinski definition) is 1. The summed E-state index contributed by atoms with van der Waals surface area (Å²) in [6.45, 7) is 4.23. The van der Waals surface area contributed by atoms with Crippen LogP contribution in [-0.4, -0.2) is 4.57 Å². The summed E-state index contributed by atoms with van der Waals surface area (Å²) in [5.74, 6) is -0.214. The average molecular weight is 427 g/mol. The highest BCUT2D eigenvalue weighted by Crippen LogP contribution is 2.29. The van der Waals surface area contributed by atoms with Crippen LogP contribution in [0.25, 0.3) is 10.9 Å². The summed E-state index contributed by atoms with van der Waals surface area (Å²) in [5.41, 5.74) is 5.72. The van der Waals surface area contributed by atoms with E-state index in [1.807, 2.05) is 12.1 Å². The lowest BCUT2D eigenvalue weighted by Crippen LogP contribution is -2.13. The SMILES string of the molecule is Cc1c(CNCc2ccc(F)cc2)c2ccccc2n1Cc1ccc(Cl)cc1Cl. The maximum atomic E-state index is 13.1. The Morgan fingerprint density at radius 1 is 0.931 bits per heavy atom. The summed E-state index contributed by atoms with van der Waals surface area (Å²) >= 11 is 12.5. The standard InChI is InChI=1S/C24H21Cl2FN2/c1-16-22(14-28-13-17-6-10-20(27)11-7-17)21-4-2-3-5-24(21)29(16)15-18-8-9-19(25)12-23(18)26/h2-12,28H,13-15H2,1H3. The van der Waals surface area contributed by atoms with Crippen molar-refractivity contribution in [1.29, 1.82) is 0 Å². The summed E-state index contributed by atoms with van der Waals surface area (Å²) in [6, 6.07) is 20.6. The molecule has 0 spiro atoms. The molecule has 148 valence electrons. The Morgan fingerprint density at radius 2 is 1.69 bits per heavy atom. The van der Waals surface area contributed by atoms with Gasteiger partial charge in [-0.2, -0.15) is 0 Å². The summed E-state index contributed by atoms with van der Waals surface area (Å²) in [7, 11) is 0. The van der Waals surface area contributed by atoms with Gasteiger partial charge in [-0.15, -0.1) is 0 Å². The molecule has 0 radical (unpaired) electrons. The highest BCUT2D eigenvalue weighted by molar-refractivity contribution is 6.35. The molecular weight excluding hydrogens is 406 g/mol. The van der Waals surface area contributed by atoms with Crippen molar-refractivity contribution < 1.29 is 4.39 Å². The fourth-order valence-electron chi connectivity index (χ4n) is 3.68. The first-order chi connectivity index (χ1) is 14.0. The molecule has 0 atom stereocenters. The number of aromatic nitrogens is 1. The Balaban J connectivity index is 1.61. The third-order valence-electron chi connectivity index (χ3n) is 5.25. The van der Waals surface area contributed by atoms with Crippen molar-refractivity contribution >= 4 is 34.1 Å². The Hall–Kier alpha value is -2.33. The maximum absolute atomic E-state index is 13.1. The smallest absolute Gasteiger partial charge is 0.123 e. The zero-order valence-electron chi connectivity index (χ0n) is 16.1. The molecule has 4 rings (SSSR count). The van der Waals surface area contributed by atoms with E-state index in [-0.39, 0.29) is 5.82 Å². The molecule has 0 amide bonds. The summed E-state index contributed by atoms with van der Waals surface area (Å²) in [4.78, 5) is 0. The van der Waals surface area contributed by atoms with Crippen LogP contribution in [-0.2, 0) is 19.6 Å². The quantitative estimate of drug-likeness (QED) is 0.361. The number of hydrogen-bond acceptors (Lipinski definition) is 1. The van der Waals surface area contributed by atoms with Crippen molar-refractivity contribution in [2.75, 3.05) is 0 Å². The van der Waals surface area contributed by atoms with Crippen molar-refractivity contribution in [3.8, 4) is 0 Å². The summed E-state index contributed by atoms with van der Waals surface area (Å²) < 4.78 is 15.4. The lowest BCUT2D eigenvalue weighted by Gasteiger charge is -2.11. The van der Waals surface area contributed by atoms with Crippen LogP contribution in [0.5, 0.6) is 0 Å². The zero-order chi connectivity index (χ0) is 20.4. The second kappa shape index (κ2) is 8.58. The Kier molecular flexibility index (Phi) is 5.91. The normalized spacial score (nSPS) is 11.3. The molecule has 0 unspecified atom stereocenters. The molecule has 2 nitrogen and oxygen atoms in total. The predicted octanol–water partition coefficient (Wildman–Crippen LogP) is 6.73. The van der Waals surface area contributed by atoms with Gasteiger partial charge in [-0.25, -0.2) is 4.39 Å². The fourth-order valence-corrected chi connectivity index (χ4v) is 4.15. The highest BCUT2D eigenvalue weighted by atomic mass is 35.5. The molecule has 1 N–H and O–H groups in total. The number of benzene rings is 3. The van der Waals surface area contributed by atoms with Gasteiger partial charge in [-0.1, -0.05) is 59.6 Å². The molecule has 0 aliphatic heterocycles. The van der Waals surface area contributed by atoms with Crippen molar-refractivity contribution in [2.45, 2.75) is 26.6 Å². The first-order valence-corrected chi connectivity index (χ1v) is 10.2. The highest BCUT2D eigenvalue weighted by Gasteiger charge is 2.14. The second-order valence-electron chi connectivity index (χ2n) is 7.13. The third-order valence-corrected chi connectivity index (χ3v) is 5.84. The van der Waals surface area contributed by atoms with Gasteiger partial charge in [0.05, 0.1) is 0 Å². The van der Waals surface area contributed by atoms with Crippen LogP contribution in [0, 0.1) is 12.7 Å². The summed E-state index contributed by atoms with van der Waals surface area (Å²) in [5, 5.41) is 6.02. The van der Waals surface area contributed by atoms with Crippen molar-refractivity contribution in [2.24, 2.45) is 0 Å². The largest absolute Gasteiger partial charge is 0.340 e. The minimum Gasteiger partial charge on any atom is -0.340 e. The molecule has 3 aromatic carbocycles. The van der Waals surface area contributed by atoms with Crippen LogP contribution < -0.4 is 5.32 Å². The van der Waals surface area contributed by atoms with E-state index in [0.717, 1.165) is 17.7 Å². The topological polar surface area (TPSA) is 17.0 Å². The Labute approximate surface area is 179 Å². The van der Waals surface area contributed by atoms with E-state index < -0.39 is 0 Å². The van der Waals surface area contributed by atoms with E-state index in [2.05, 4.69) is 41.1 Å². The third kappa shape index (κ3) is 4.32. The number of halogens is 3. The lowest BCUT2D eigenvalue weighted by molar-refractivity contribution is 0.624. The van der Waals surface area contributed by atoms with Gasteiger partial charge in [0, 0.05) is 46.3 Å². The first-order valence-electron chi connectivity index (χ1n) is 9.48. The van der Waals surface area contributed by atoms with Crippen LogP contribution in [0.15, 0.2) is 66.7 Å². The Bertz CT molecular complexity index is 1150. The zero-order valence-corrected chi connectivity index (χ0v) is 17.6. The van der Waals surface area contributed by atoms with Gasteiger partial charge >= 0.3 is 0 Å². The maximum Gasteiger partial charge on any atom is 0.123 e. The number of nitrogens with one attached hydrogen (secondary N) is 1. The van der Waals surface area contributed by atoms with Gasteiger partial charge in [0.1, 0.15) is 5.82 Å². The van der Waals surface area contributed by atoms with E-state index in [0.29, 0.717) is 23.1 Å². The molecule has 5 heteroatoms. The average Bonchev–Trinajstić information content (AvgIpc) is 2.97. The van der Waals surface area contributed by atoms with Crippen molar-refractivity contribution in [3.63, 3.8) is 0 Å². The van der Waals surface area contributed by atoms with E-state index in [4.69, 9.17) is 23.2 Å². The molecule has 0 saturated heterocycles. The molecule has 0 aliphatic carbocycles. The van der Waals surface area contributed by atoms with Gasteiger partial charge in [0.2, 0.25) is 0 Å². The van der Waals surface area contributed by atoms with Crippen LogP contribution in [0.2, 0.25) is 10.0 Å². The van der Waals surface area contributed by atoms with Gasteiger partial charge in [0.15, 0.2) is 0 Å². The number of para-hydroxylation sites is 1. The minimum atomic E-state index is -0.214. The molecule has 1 heterocycles.